The fourth-order valence-corrected chi connectivity index (χ4v) is 4.05. The smallest absolute Gasteiger partial charge is 0.338 e. The summed E-state index contributed by atoms with van der Waals surface area (Å²) in [4.78, 5) is 39.5. The second-order valence-corrected chi connectivity index (χ2v) is 7.46. The molecule has 0 saturated heterocycles. The summed E-state index contributed by atoms with van der Waals surface area (Å²) in [7, 11) is 1.57. The van der Waals surface area contributed by atoms with Crippen molar-refractivity contribution in [2.75, 3.05) is 7.11 Å². The second kappa shape index (κ2) is 8.07. The minimum Gasteiger partial charge on any atom is -0.497 e. The third kappa shape index (κ3) is 3.75. The zero-order chi connectivity index (χ0) is 20.4. The zero-order valence-electron chi connectivity index (χ0n) is 16.3. The number of rotatable bonds is 5. The van der Waals surface area contributed by atoms with E-state index in [4.69, 9.17) is 9.47 Å². The molecule has 6 nitrogen and oxygen atoms in total. The number of carbonyl (C=O) groups excluding carboxylic acids is 3. The van der Waals surface area contributed by atoms with Gasteiger partial charge in [0.15, 0.2) is 0 Å². The van der Waals surface area contributed by atoms with Gasteiger partial charge in [-0.25, -0.2) is 4.79 Å². The lowest BCUT2D eigenvalue weighted by atomic mass is 9.94. The summed E-state index contributed by atoms with van der Waals surface area (Å²) < 4.78 is 10.5. The topological polar surface area (TPSA) is 72.9 Å². The quantitative estimate of drug-likeness (QED) is 0.567. The lowest BCUT2D eigenvalue weighted by molar-refractivity contribution is 0.0471. The van der Waals surface area contributed by atoms with Crippen LogP contribution in [0.25, 0.3) is 0 Å². The number of nitrogens with zero attached hydrogens (tertiary/aromatic N) is 1. The van der Waals surface area contributed by atoms with E-state index in [-0.39, 0.29) is 35.6 Å². The third-order valence-corrected chi connectivity index (χ3v) is 5.60. The van der Waals surface area contributed by atoms with E-state index in [1.165, 1.54) is 11.0 Å². The largest absolute Gasteiger partial charge is 0.497 e. The zero-order valence-corrected chi connectivity index (χ0v) is 16.3. The second-order valence-electron chi connectivity index (χ2n) is 7.46. The molecule has 2 amide bonds. The van der Waals surface area contributed by atoms with Crippen LogP contribution in [0.15, 0.2) is 42.5 Å². The highest BCUT2D eigenvalue weighted by Gasteiger charge is 2.40. The molecule has 0 radical (unpaired) electrons. The van der Waals surface area contributed by atoms with Gasteiger partial charge in [-0.05, 0) is 48.7 Å². The molecule has 4 rings (SSSR count). The van der Waals surface area contributed by atoms with E-state index in [9.17, 15) is 14.4 Å². The molecule has 0 atom stereocenters. The highest BCUT2D eigenvalue weighted by atomic mass is 16.5. The molecule has 0 aromatic heterocycles. The SMILES string of the molecule is COc1cccc(COC(=O)c2ccc3c(c2)C(=O)N(C2CCCCC2)C3=O)c1. The molecule has 6 heteroatoms. The van der Waals surface area contributed by atoms with Crippen molar-refractivity contribution in [3.8, 4) is 5.75 Å². The maximum absolute atomic E-state index is 12.9. The number of hydrogen-bond donors (Lipinski definition) is 0. The Kier molecular flexibility index (Phi) is 5.34. The van der Waals surface area contributed by atoms with Crippen LogP contribution in [0, 0.1) is 0 Å². The van der Waals surface area contributed by atoms with Crippen molar-refractivity contribution < 1.29 is 23.9 Å². The molecule has 2 aliphatic rings. The fraction of sp³-hybridized carbons (Fsp3) is 0.348. The maximum atomic E-state index is 12.9. The Morgan fingerprint density at radius 2 is 1.76 bits per heavy atom. The first kappa shape index (κ1) is 19.2. The monoisotopic (exact) mass is 393 g/mol. The Hall–Kier alpha value is -3.15. The van der Waals surface area contributed by atoms with E-state index in [1.54, 1.807) is 25.3 Å². The lowest BCUT2D eigenvalue weighted by Gasteiger charge is -2.29. The molecule has 150 valence electrons. The molecule has 0 unspecified atom stereocenters. The van der Waals surface area contributed by atoms with Crippen LogP contribution in [-0.4, -0.2) is 35.8 Å². The van der Waals surface area contributed by atoms with Crippen molar-refractivity contribution in [2.24, 2.45) is 0 Å². The number of amides is 2. The molecule has 1 aliphatic heterocycles. The Morgan fingerprint density at radius 3 is 2.52 bits per heavy atom. The molecule has 29 heavy (non-hydrogen) atoms. The van der Waals surface area contributed by atoms with E-state index in [2.05, 4.69) is 0 Å². The van der Waals surface area contributed by atoms with Crippen LogP contribution in [0.4, 0.5) is 0 Å². The lowest BCUT2D eigenvalue weighted by Crippen LogP contribution is -2.40. The molecular formula is C23H23NO5. The molecule has 1 saturated carbocycles. The first-order valence-electron chi connectivity index (χ1n) is 9.90. The van der Waals surface area contributed by atoms with Gasteiger partial charge in [-0.1, -0.05) is 31.4 Å². The summed E-state index contributed by atoms with van der Waals surface area (Å²) in [5, 5.41) is 0. The average Bonchev–Trinajstić information content (AvgIpc) is 3.02. The summed E-state index contributed by atoms with van der Waals surface area (Å²) in [5.41, 5.74) is 1.72. The van der Waals surface area contributed by atoms with E-state index < -0.39 is 5.97 Å². The van der Waals surface area contributed by atoms with E-state index in [1.807, 2.05) is 18.2 Å². The van der Waals surface area contributed by atoms with Gasteiger partial charge in [0.25, 0.3) is 11.8 Å². The number of esters is 1. The van der Waals surface area contributed by atoms with Gasteiger partial charge in [-0.15, -0.1) is 0 Å². The minimum absolute atomic E-state index is 0.0420. The molecule has 2 aromatic rings. The highest BCUT2D eigenvalue weighted by Crippen LogP contribution is 2.31. The highest BCUT2D eigenvalue weighted by molar-refractivity contribution is 6.22. The number of carbonyl (C=O) groups is 3. The minimum atomic E-state index is -0.535. The van der Waals surface area contributed by atoms with Crippen molar-refractivity contribution in [1.29, 1.82) is 0 Å². The van der Waals surface area contributed by atoms with Gasteiger partial charge in [-0.2, -0.15) is 0 Å². The Bertz CT molecular complexity index is 961. The van der Waals surface area contributed by atoms with Gasteiger partial charge < -0.3 is 9.47 Å². The van der Waals surface area contributed by atoms with Crippen molar-refractivity contribution >= 4 is 17.8 Å². The standard InChI is InChI=1S/C23H23NO5/c1-28-18-9-5-6-15(12-18)14-29-23(27)16-10-11-19-20(13-16)22(26)24(21(19)25)17-7-3-2-4-8-17/h5-6,9-13,17H,2-4,7-8,14H2,1H3. The van der Waals surface area contributed by atoms with E-state index in [0.29, 0.717) is 11.3 Å². The van der Waals surface area contributed by atoms with Gasteiger partial charge in [0.05, 0.1) is 23.8 Å². The molecule has 1 aliphatic carbocycles. The van der Waals surface area contributed by atoms with Crippen molar-refractivity contribution in [3.05, 3.63) is 64.7 Å². The number of imide groups is 1. The van der Waals surface area contributed by atoms with Crippen LogP contribution in [-0.2, 0) is 11.3 Å². The predicted molar refractivity (Wildman–Crippen MR) is 106 cm³/mol. The van der Waals surface area contributed by atoms with Crippen LogP contribution < -0.4 is 4.74 Å². The molecule has 0 N–H and O–H groups in total. The summed E-state index contributed by atoms with van der Waals surface area (Å²) in [6, 6.07) is 11.8. The summed E-state index contributed by atoms with van der Waals surface area (Å²) in [5.74, 6) is -0.414. The number of benzene rings is 2. The Balaban J connectivity index is 1.48. The van der Waals surface area contributed by atoms with Crippen LogP contribution in [0.1, 0.15) is 68.7 Å². The number of hydrogen-bond acceptors (Lipinski definition) is 5. The van der Waals surface area contributed by atoms with Gasteiger partial charge >= 0.3 is 5.97 Å². The van der Waals surface area contributed by atoms with Crippen molar-refractivity contribution in [3.63, 3.8) is 0 Å². The van der Waals surface area contributed by atoms with Crippen LogP contribution >= 0.6 is 0 Å². The van der Waals surface area contributed by atoms with Crippen LogP contribution in [0.3, 0.4) is 0 Å². The van der Waals surface area contributed by atoms with Crippen LogP contribution in [0.5, 0.6) is 5.75 Å². The third-order valence-electron chi connectivity index (χ3n) is 5.60. The first-order valence-corrected chi connectivity index (χ1v) is 9.90. The molecule has 0 spiro atoms. The Labute approximate surface area is 169 Å². The fourth-order valence-electron chi connectivity index (χ4n) is 4.05. The number of ether oxygens (including phenoxy) is 2. The molecule has 2 aromatic carbocycles. The van der Waals surface area contributed by atoms with Gasteiger partial charge in [0, 0.05) is 6.04 Å². The summed E-state index contributed by atoms with van der Waals surface area (Å²) >= 11 is 0. The Morgan fingerprint density at radius 1 is 1.00 bits per heavy atom. The van der Waals surface area contributed by atoms with E-state index >= 15 is 0 Å². The summed E-state index contributed by atoms with van der Waals surface area (Å²) in [6.45, 7) is 0.0915. The summed E-state index contributed by atoms with van der Waals surface area (Å²) in [6.07, 6.45) is 4.89. The number of methoxy groups -OCH3 is 1. The molecular weight excluding hydrogens is 370 g/mol. The van der Waals surface area contributed by atoms with E-state index in [0.717, 1.165) is 37.7 Å². The predicted octanol–water partition coefficient (Wildman–Crippen LogP) is 3.98. The average molecular weight is 393 g/mol. The van der Waals surface area contributed by atoms with Gasteiger partial charge in [0.2, 0.25) is 0 Å². The van der Waals surface area contributed by atoms with Gasteiger partial charge in [0.1, 0.15) is 12.4 Å². The molecule has 1 heterocycles. The van der Waals surface area contributed by atoms with Crippen molar-refractivity contribution in [1.82, 2.24) is 4.90 Å². The normalized spacial score (nSPS) is 16.7. The number of fused-ring (bicyclic) bond motifs is 1. The molecule has 1 fully saturated rings. The van der Waals surface area contributed by atoms with Gasteiger partial charge in [-0.3, -0.25) is 14.5 Å². The first-order chi connectivity index (χ1) is 14.1. The van der Waals surface area contributed by atoms with Crippen molar-refractivity contribution in [2.45, 2.75) is 44.8 Å². The maximum Gasteiger partial charge on any atom is 0.338 e. The van der Waals surface area contributed by atoms with Crippen LogP contribution in [0.2, 0.25) is 0 Å². The molecule has 0 bridgehead atoms.